The zero-order valence-corrected chi connectivity index (χ0v) is 14.8. The molecule has 0 aromatic heterocycles. The van der Waals surface area contributed by atoms with Crippen molar-refractivity contribution in [1.29, 1.82) is 5.26 Å². The van der Waals surface area contributed by atoms with E-state index in [1.807, 2.05) is 13.0 Å². The quantitative estimate of drug-likeness (QED) is 0.752. The number of hydrogen-bond donors (Lipinski definition) is 2. The number of hydrogen-bond acceptors (Lipinski definition) is 5. The van der Waals surface area contributed by atoms with Gasteiger partial charge in [-0.25, -0.2) is 0 Å². The summed E-state index contributed by atoms with van der Waals surface area (Å²) in [5, 5.41) is 14.4. The number of ether oxygens (including phenoxy) is 1. The largest absolute Gasteiger partial charge is 0.454 e. The average molecular weight is 357 g/mol. The lowest BCUT2D eigenvalue weighted by Gasteiger charge is -2.31. The Hall–Kier alpha value is -2.88. The van der Waals surface area contributed by atoms with Gasteiger partial charge in [0, 0.05) is 5.56 Å². The fourth-order valence-electron chi connectivity index (χ4n) is 2.96. The van der Waals surface area contributed by atoms with Crippen LogP contribution >= 0.6 is 0 Å². The molecule has 0 heterocycles. The number of carbonyl (C=O) groups is 3. The minimum atomic E-state index is -0.860. The van der Waals surface area contributed by atoms with Crippen molar-refractivity contribution in [1.82, 2.24) is 10.6 Å². The summed E-state index contributed by atoms with van der Waals surface area (Å²) in [5.74, 6) is -1.61. The molecule has 138 valence electrons. The number of carbonyl (C=O) groups excluding carboxylic acids is 3. The Morgan fingerprint density at radius 1 is 1.23 bits per heavy atom. The van der Waals surface area contributed by atoms with E-state index in [0.29, 0.717) is 18.4 Å². The first kappa shape index (κ1) is 19.4. The monoisotopic (exact) mass is 357 g/mol. The number of rotatable bonds is 6. The Labute approximate surface area is 152 Å². The second-order valence-corrected chi connectivity index (χ2v) is 6.52. The van der Waals surface area contributed by atoms with Crippen molar-refractivity contribution in [2.24, 2.45) is 0 Å². The van der Waals surface area contributed by atoms with Crippen molar-refractivity contribution in [3.05, 3.63) is 35.4 Å². The fourth-order valence-corrected chi connectivity index (χ4v) is 2.96. The lowest BCUT2D eigenvalue weighted by molar-refractivity contribution is -0.148. The number of benzene rings is 1. The van der Waals surface area contributed by atoms with Gasteiger partial charge < -0.3 is 15.4 Å². The van der Waals surface area contributed by atoms with E-state index in [1.165, 1.54) is 0 Å². The summed E-state index contributed by atoms with van der Waals surface area (Å²) in [5.41, 5.74) is 0.524. The molecule has 1 aromatic carbocycles. The molecular formula is C19H23N3O4. The van der Waals surface area contributed by atoms with Crippen molar-refractivity contribution in [2.75, 3.05) is 13.2 Å². The Morgan fingerprint density at radius 3 is 2.62 bits per heavy atom. The van der Waals surface area contributed by atoms with E-state index in [1.54, 1.807) is 18.2 Å². The van der Waals surface area contributed by atoms with Crippen LogP contribution in [0, 0.1) is 18.3 Å². The maximum atomic E-state index is 12.0. The molecule has 26 heavy (non-hydrogen) atoms. The van der Waals surface area contributed by atoms with Crippen LogP contribution in [0.5, 0.6) is 0 Å². The van der Waals surface area contributed by atoms with E-state index < -0.39 is 24.0 Å². The number of nitrogens with one attached hydrogen (secondary N) is 2. The third-order valence-electron chi connectivity index (χ3n) is 4.34. The maximum absolute atomic E-state index is 12.0. The van der Waals surface area contributed by atoms with Gasteiger partial charge in [-0.1, -0.05) is 37.0 Å². The van der Waals surface area contributed by atoms with Crippen LogP contribution in [0.2, 0.25) is 0 Å². The summed E-state index contributed by atoms with van der Waals surface area (Å²) in [6, 6.07) is 9.14. The SMILES string of the molecule is Cc1cccc(C(=O)NCC(=O)OCC(=O)NC2(C#N)CCCCC2)c1. The van der Waals surface area contributed by atoms with Crippen molar-refractivity contribution in [2.45, 2.75) is 44.6 Å². The smallest absolute Gasteiger partial charge is 0.325 e. The van der Waals surface area contributed by atoms with Gasteiger partial charge in [0.15, 0.2) is 6.61 Å². The van der Waals surface area contributed by atoms with Crippen LogP contribution in [-0.4, -0.2) is 36.5 Å². The lowest BCUT2D eigenvalue weighted by Crippen LogP contribution is -2.50. The molecule has 7 nitrogen and oxygen atoms in total. The number of aryl methyl sites for hydroxylation is 1. The van der Waals surface area contributed by atoms with Crippen molar-refractivity contribution in [3.8, 4) is 6.07 Å². The minimum Gasteiger partial charge on any atom is -0.454 e. The van der Waals surface area contributed by atoms with Gasteiger partial charge in [0.1, 0.15) is 12.1 Å². The van der Waals surface area contributed by atoms with Gasteiger partial charge in [-0.15, -0.1) is 0 Å². The van der Waals surface area contributed by atoms with Crippen LogP contribution in [0.25, 0.3) is 0 Å². The Kier molecular flexibility index (Phi) is 6.73. The minimum absolute atomic E-state index is 0.330. The van der Waals surface area contributed by atoms with Gasteiger partial charge in [-0.2, -0.15) is 5.26 Å². The molecule has 1 aliphatic carbocycles. The van der Waals surface area contributed by atoms with Crippen molar-refractivity contribution < 1.29 is 19.1 Å². The predicted octanol–water partition coefficient (Wildman–Crippen LogP) is 1.61. The van der Waals surface area contributed by atoms with E-state index in [2.05, 4.69) is 16.7 Å². The summed E-state index contributed by atoms with van der Waals surface area (Å²) in [4.78, 5) is 35.6. The van der Waals surface area contributed by atoms with Crippen LogP contribution in [0.3, 0.4) is 0 Å². The first-order chi connectivity index (χ1) is 12.4. The fraction of sp³-hybridized carbons (Fsp3) is 0.474. The molecule has 1 saturated carbocycles. The van der Waals surface area contributed by atoms with Crippen LogP contribution in [0.1, 0.15) is 48.0 Å². The number of nitrogens with zero attached hydrogens (tertiary/aromatic N) is 1. The Bertz CT molecular complexity index is 718. The molecule has 0 radical (unpaired) electrons. The number of amides is 2. The number of nitriles is 1. The standard InChI is InChI=1S/C19H23N3O4/c1-14-6-5-7-15(10-14)18(25)21-11-17(24)26-12-16(23)22-19(13-20)8-3-2-4-9-19/h5-7,10H,2-4,8-9,11-12H2,1H3,(H,21,25)(H,22,23). The molecule has 2 rings (SSSR count). The number of esters is 1. The highest BCUT2D eigenvalue weighted by atomic mass is 16.5. The first-order valence-electron chi connectivity index (χ1n) is 8.67. The maximum Gasteiger partial charge on any atom is 0.325 e. The summed E-state index contributed by atoms with van der Waals surface area (Å²) in [6.07, 6.45) is 4.04. The molecule has 1 fully saturated rings. The molecule has 1 aliphatic rings. The normalized spacial score (nSPS) is 15.4. The molecule has 0 spiro atoms. The highest BCUT2D eigenvalue weighted by Crippen LogP contribution is 2.27. The van der Waals surface area contributed by atoms with Gasteiger partial charge in [0.25, 0.3) is 11.8 Å². The molecule has 7 heteroatoms. The second kappa shape index (κ2) is 8.99. The van der Waals surface area contributed by atoms with Crippen molar-refractivity contribution >= 4 is 17.8 Å². The lowest BCUT2D eigenvalue weighted by atomic mass is 9.83. The predicted molar refractivity (Wildman–Crippen MR) is 94.0 cm³/mol. The molecule has 0 atom stereocenters. The van der Waals surface area contributed by atoms with Gasteiger partial charge in [0.05, 0.1) is 6.07 Å². The molecule has 0 bridgehead atoms. The third kappa shape index (κ3) is 5.59. The Morgan fingerprint density at radius 2 is 1.96 bits per heavy atom. The van der Waals surface area contributed by atoms with Gasteiger partial charge in [0.2, 0.25) is 0 Å². The van der Waals surface area contributed by atoms with Crippen LogP contribution < -0.4 is 10.6 Å². The van der Waals surface area contributed by atoms with Gasteiger partial charge in [-0.3, -0.25) is 14.4 Å². The van der Waals surface area contributed by atoms with E-state index in [4.69, 9.17) is 4.74 Å². The zero-order chi connectivity index (χ0) is 19.0. The molecule has 2 N–H and O–H groups in total. The summed E-state index contributed by atoms with van der Waals surface area (Å²) in [7, 11) is 0. The van der Waals surface area contributed by atoms with Crippen LogP contribution in [0.4, 0.5) is 0 Å². The van der Waals surface area contributed by atoms with Crippen LogP contribution in [0.15, 0.2) is 24.3 Å². The third-order valence-corrected chi connectivity index (χ3v) is 4.34. The summed E-state index contributed by atoms with van der Waals surface area (Å²) in [6.45, 7) is 1.07. The zero-order valence-electron chi connectivity index (χ0n) is 14.8. The van der Waals surface area contributed by atoms with Crippen molar-refractivity contribution in [3.63, 3.8) is 0 Å². The highest BCUT2D eigenvalue weighted by molar-refractivity contribution is 5.96. The molecule has 1 aromatic rings. The van der Waals surface area contributed by atoms with Gasteiger partial charge >= 0.3 is 5.97 Å². The summed E-state index contributed by atoms with van der Waals surface area (Å²) >= 11 is 0. The topological polar surface area (TPSA) is 108 Å². The molecule has 0 saturated heterocycles. The van der Waals surface area contributed by atoms with Gasteiger partial charge in [-0.05, 0) is 31.9 Å². The second-order valence-electron chi connectivity index (χ2n) is 6.52. The van der Waals surface area contributed by atoms with E-state index in [0.717, 1.165) is 24.8 Å². The van der Waals surface area contributed by atoms with E-state index in [-0.39, 0.29) is 12.5 Å². The molecule has 2 amide bonds. The first-order valence-corrected chi connectivity index (χ1v) is 8.67. The molecule has 0 aliphatic heterocycles. The van der Waals surface area contributed by atoms with E-state index >= 15 is 0 Å². The molecule has 0 unspecified atom stereocenters. The summed E-state index contributed by atoms with van der Waals surface area (Å²) < 4.78 is 4.87. The average Bonchev–Trinajstić information content (AvgIpc) is 2.65. The Balaban J connectivity index is 1.73. The van der Waals surface area contributed by atoms with Crippen LogP contribution in [-0.2, 0) is 14.3 Å². The molecular weight excluding hydrogens is 334 g/mol. The highest BCUT2D eigenvalue weighted by Gasteiger charge is 2.33. The van der Waals surface area contributed by atoms with E-state index in [9.17, 15) is 19.6 Å².